The number of aromatic nitrogens is 3. The van der Waals surface area contributed by atoms with Crippen LogP contribution in [0, 0.1) is 0 Å². The van der Waals surface area contributed by atoms with Gasteiger partial charge in [0.25, 0.3) is 0 Å². The Morgan fingerprint density at radius 1 is 0.333 bits per heavy atom. The molecule has 0 saturated carbocycles. The summed E-state index contributed by atoms with van der Waals surface area (Å²) in [5, 5.41) is 2.46. The number of benzene rings is 8. The molecule has 9 aromatic rings. The van der Waals surface area contributed by atoms with Crippen molar-refractivity contribution in [3.8, 4) is 56.4 Å². The Labute approximate surface area is 318 Å². The largest absolute Gasteiger partial charge is 0.208 e. The lowest BCUT2D eigenvalue weighted by molar-refractivity contribution is 0.722. The van der Waals surface area contributed by atoms with Crippen LogP contribution in [0.3, 0.4) is 0 Å². The summed E-state index contributed by atoms with van der Waals surface area (Å²) in [4.78, 5) is 18.2. The van der Waals surface area contributed by atoms with Gasteiger partial charge in [0.1, 0.15) is 0 Å². The first-order valence-corrected chi connectivity index (χ1v) is 19.1. The van der Waals surface area contributed by atoms with Crippen LogP contribution in [-0.2, 0) is 5.41 Å². The molecule has 2 aliphatic rings. The van der Waals surface area contributed by atoms with Gasteiger partial charge in [0.15, 0.2) is 17.5 Å². The second-order valence-corrected chi connectivity index (χ2v) is 15.0. The van der Waals surface area contributed by atoms with E-state index in [4.69, 9.17) is 15.0 Å². The number of nitrogens with zero attached hydrogens (tertiary/aromatic N) is 3. The van der Waals surface area contributed by atoms with Gasteiger partial charge in [-0.1, -0.05) is 182 Å². The van der Waals surface area contributed by atoms with Crippen molar-refractivity contribution in [1.82, 2.24) is 15.0 Å². The molecule has 4 heteroatoms. The van der Waals surface area contributed by atoms with E-state index >= 15 is 0 Å². The molecule has 2 heterocycles. The Bertz CT molecular complexity index is 2870. The van der Waals surface area contributed by atoms with Crippen molar-refractivity contribution in [2.75, 3.05) is 0 Å². The van der Waals surface area contributed by atoms with Crippen LogP contribution in [0.1, 0.15) is 22.3 Å². The van der Waals surface area contributed by atoms with Gasteiger partial charge in [0, 0.05) is 26.5 Å². The van der Waals surface area contributed by atoms with Crippen LogP contribution >= 0.6 is 11.8 Å². The summed E-state index contributed by atoms with van der Waals surface area (Å²) in [6, 6.07) is 67.3. The lowest BCUT2D eigenvalue weighted by Gasteiger charge is -2.39. The Morgan fingerprint density at radius 2 is 0.852 bits per heavy atom. The topological polar surface area (TPSA) is 38.7 Å². The van der Waals surface area contributed by atoms with E-state index in [1.54, 1.807) is 0 Å². The first-order chi connectivity index (χ1) is 26.8. The zero-order valence-corrected chi connectivity index (χ0v) is 30.0. The lowest BCUT2D eigenvalue weighted by atomic mass is 9.67. The molecule has 3 nitrogen and oxygen atoms in total. The van der Waals surface area contributed by atoms with Crippen molar-refractivity contribution in [3.05, 3.63) is 210 Å². The summed E-state index contributed by atoms with van der Waals surface area (Å²) >= 11 is 1.86. The van der Waals surface area contributed by atoms with Gasteiger partial charge in [-0.05, 0) is 73.5 Å². The summed E-state index contributed by atoms with van der Waals surface area (Å²) in [6.07, 6.45) is 0. The maximum atomic E-state index is 5.29. The van der Waals surface area contributed by atoms with E-state index in [-0.39, 0.29) is 0 Å². The molecule has 0 bridgehead atoms. The first-order valence-electron chi connectivity index (χ1n) is 18.3. The van der Waals surface area contributed by atoms with Crippen LogP contribution in [0.15, 0.2) is 198 Å². The first kappa shape index (κ1) is 31.0. The molecular weight excluding hydrogens is 675 g/mol. The molecule has 252 valence electrons. The fraction of sp³-hybridized carbons (Fsp3) is 0.0200. The molecule has 11 rings (SSSR count). The van der Waals surface area contributed by atoms with Crippen molar-refractivity contribution in [2.45, 2.75) is 15.2 Å². The van der Waals surface area contributed by atoms with E-state index in [0.717, 1.165) is 22.3 Å². The third kappa shape index (κ3) is 4.67. The molecule has 0 amide bonds. The summed E-state index contributed by atoms with van der Waals surface area (Å²) in [5.41, 5.74) is 12.3. The predicted molar refractivity (Wildman–Crippen MR) is 221 cm³/mol. The average Bonchev–Trinajstić information content (AvgIpc) is 3.54. The second kappa shape index (κ2) is 12.2. The summed E-state index contributed by atoms with van der Waals surface area (Å²) < 4.78 is 0. The molecular formula is C50H31N3S. The molecule has 1 spiro atoms. The third-order valence-corrected chi connectivity index (χ3v) is 12.2. The Morgan fingerprint density at radius 3 is 1.59 bits per heavy atom. The van der Waals surface area contributed by atoms with Gasteiger partial charge >= 0.3 is 0 Å². The van der Waals surface area contributed by atoms with E-state index in [0.29, 0.717) is 17.5 Å². The Balaban J connectivity index is 1.12. The molecule has 0 saturated heterocycles. The van der Waals surface area contributed by atoms with Crippen LogP contribution in [0.2, 0.25) is 0 Å². The highest BCUT2D eigenvalue weighted by atomic mass is 32.2. The fourth-order valence-electron chi connectivity index (χ4n) is 8.61. The molecule has 1 aliphatic heterocycles. The molecule has 0 unspecified atom stereocenters. The Kier molecular flexibility index (Phi) is 7.01. The number of hydrogen-bond donors (Lipinski definition) is 0. The summed E-state index contributed by atoms with van der Waals surface area (Å²) in [5.74, 6) is 1.96. The monoisotopic (exact) mass is 705 g/mol. The van der Waals surface area contributed by atoms with Crippen LogP contribution in [-0.4, -0.2) is 15.0 Å². The van der Waals surface area contributed by atoms with Crippen LogP contribution in [0.5, 0.6) is 0 Å². The van der Waals surface area contributed by atoms with Crippen LogP contribution in [0.25, 0.3) is 67.2 Å². The maximum absolute atomic E-state index is 5.29. The predicted octanol–water partition coefficient (Wildman–Crippen LogP) is 12.5. The fourth-order valence-corrected chi connectivity index (χ4v) is 9.80. The third-order valence-electron chi connectivity index (χ3n) is 11.0. The van der Waals surface area contributed by atoms with Gasteiger partial charge in [-0.25, -0.2) is 15.0 Å². The Hall–Kier alpha value is -6.62. The van der Waals surface area contributed by atoms with Crippen molar-refractivity contribution < 1.29 is 0 Å². The van der Waals surface area contributed by atoms with Crippen molar-refractivity contribution in [2.24, 2.45) is 0 Å². The molecule has 54 heavy (non-hydrogen) atoms. The maximum Gasteiger partial charge on any atom is 0.164 e. The average molecular weight is 706 g/mol. The highest BCUT2D eigenvalue weighted by molar-refractivity contribution is 7.99. The van der Waals surface area contributed by atoms with E-state index in [1.165, 1.54) is 59.5 Å². The minimum absolute atomic E-state index is 0.475. The van der Waals surface area contributed by atoms with E-state index in [1.807, 2.05) is 30.0 Å². The minimum Gasteiger partial charge on any atom is -0.208 e. The number of fused-ring (bicyclic) bond motifs is 10. The highest BCUT2D eigenvalue weighted by Crippen LogP contribution is 2.63. The normalized spacial score (nSPS) is 13.3. The van der Waals surface area contributed by atoms with Gasteiger partial charge in [-0.15, -0.1) is 0 Å². The zero-order chi connectivity index (χ0) is 35.6. The summed E-state index contributed by atoms with van der Waals surface area (Å²) in [6.45, 7) is 0. The molecule has 0 radical (unpaired) electrons. The van der Waals surface area contributed by atoms with Crippen molar-refractivity contribution in [3.63, 3.8) is 0 Å². The lowest BCUT2D eigenvalue weighted by Crippen LogP contribution is -2.31. The second-order valence-electron chi connectivity index (χ2n) is 13.9. The van der Waals surface area contributed by atoms with E-state index in [2.05, 4.69) is 170 Å². The number of rotatable bonds is 4. The molecule has 8 aromatic carbocycles. The van der Waals surface area contributed by atoms with Crippen LogP contribution in [0.4, 0.5) is 0 Å². The summed E-state index contributed by atoms with van der Waals surface area (Å²) in [7, 11) is 0. The van der Waals surface area contributed by atoms with E-state index in [9.17, 15) is 0 Å². The highest BCUT2D eigenvalue weighted by Gasteiger charge is 2.50. The van der Waals surface area contributed by atoms with Gasteiger partial charge < -0.3 is 0 Å². The quantitative estimate of drug-likeness (QED) is 0.183. The minimum atomic E-state index is -0.475. The van der Waals surface area contributed by atoms with Gasteiger partial charge in [-0.3, -0.25) is 0 Å². The smallest absolute Gasteiger partial charge is 0.164 e. The van der Waals surface area contributed by atoms with Crippen LogP contribution < -0.4 is 0 Å². The van der Waals surface area contributed by atoms with E-state index < -0.39 is 5.41 Å². The molecule has 0 fully saturated rings. The molecule has 0 atom stereocenters. The zero-order valence-electron chi connectivity index (χ0n) is 29.1. The SMILES string of the molecule is c1ccc(-c2nc(-c3ccc(-c4ccc5ccccc5c4)cc3)nc(-c3cccc4c3-c3ccccc3C43c4ccccc4Sc4ccccc43)n2)cc1. The molecule has 1 aromatic heterocycles. The molecule has 0 N–H and O–H groups in total. The van der Waals surface area contributed by atoms with Gasteiger partial charge in [0.05, 0.1) is 5.41 Å². The standard InChI is InChI=1S/C50H31N3S/c1-2-14-34(15-3-1)47-51-48(35-28-25-33(26-29-35)37-30-27-32-13-4-5-16-36(32)31-37)53-49(52-47)39-18-12-22-43-46(39)38-17-6-7-19-40(38)50(43)41-20-8-10-23-44(41)54-45-24-11-9-21-42(45)50/h1-31H. The van der Waals surface area contributed by atoms with Gasteiger partial charge in [0.2, 0.25) is 0 Å². The number of hydrogen-bond acceptors (Lipinski definition) is 4. The van der Waals surface area contributed by atoms with Crippen molar-refractivity contribution in [1.29, 1.82) is 0 Å². The van der Waals surface area contributed by atoms with Crippen molar-refractivity contribution >= 4 is 22.5 Å². The molecule has 1 aliphatic carbocycles. The van der Waals surface area contributed by atoms with Gasteiger partial charge in [-0.2, -0.15) is 0 Å².